The van der Waals surface area contributed by atoms with Gasteiger partial charge in [-0.25, -0.2) is 4.58 Å². The van der Waals surface area contributed by atoms with E-state index in [1.165, 1.54) is 13.0 Å². The molecule has 2 aliphatic heterocycles. The van der Waals surface area contributed by atoms with Crippen LogP contribution in [0.3, 0.4) is 0 Å². The monoisotopic (exact) mass is 179 g/mol. The van der Waals surface area contributed by atoms with E-state index in [1.54, 1.807) is 0 Å². The van der Waals surface area contributed by atoms with Crippen LogP contribution in [-0.4, -0.2) is 22.9 Å². The van der Waals surface area contributed by atoms with Crippen molar-refractivity contribution in [2.24, 2.45) is 0 Å². The van der Waals surface area contributed by atoms with Gasteiger partial charge in [0, 0.05) is 26.2 Å². The molecule has 2 heteroatoms. The molecule has 2 rings (SSSR count). The summed E-state index contributed by atoms with van der Waals surface area (Å²) in [7, 11) is 0. The van der Waals surface area contributed by atoms with Gasteiger partial charge in [0.15, 0.2) is 5.54 Å². The predicted molar refractivity (Wildman–Crippen MR) is 56.7 cm³/mol. The molecule has 3 N–H and O–H groups in total. The molecule has 0 saturated heterocycles. The van der Waals surface area contributed by atoms with E-state index >= 15 is 0 Å². The van der Waals surface area contributed by atoms with Gasteiger partial charge in [0.1, 0.15) is 12.8 Å². The number of hydrogen-bond acceptors (Lipinski definition) is 1. The second-order valence-corrected chi connectivity index (χ2v) is 3.84. The molecule has 0 spiro atoms. The highest BCUT2D eigenvalue weighted by atomic mass is 15.1. The Morgan fingerprint density at radius 2 is 2.08 bits per heavy atom. The Bertz CT molecular complexity index is 263. The van der Waals surface area contributed by atoms with E-state index in [2.05, 4.69) is 42.0 Å². The Kier molecular flexibility index (Phi) is 3.04. The Morgan fingerprint density at radius 3 is 2.92 bits per heavy atom. The van der Waals surface area contributed by atoms with Crippen molar-refractivity contribution in [3.8, 4) is 0 Å². The summed E-state index contributed by atoms with van der Waals surface area (Å²) in [5, 5.41) is 0. The average Bonchev–Trinajstić information content (AvgIpc) is 2.25. The van der Waals surface area contributed by atoms with Crippen molar-refractivity contribution in [2.45, 2.75) is 31.7 Å². The minimum atomic E-state index is 0. The minimum Gasteiger partial charge on any atom is -0.344 e. The first-order valence-electron chi connectivity index (χ1n) is 4.74. The van der Waals surface area contributed by atoms with Gasteiger partial charge in [-0.1, -0.05) is 18.2 Å². The second-order valence-electron chi connectivity index (χ2n) is 3.84. The van der Waals surface area contributed by atoms with Gasteiger partial charge < -0.3 is 6.15 Å². The summed E-state index contributed by atoms with van der Waals surface area (Å²) in [4.78, 5) is 0. The van der Waals surface area contributed by atoms with Crippen LogP contribution in [0, 0.1) is 0 Å². The maximum absolute atomic E-state index is 2.48. The van der Waals surface area contributed by atoms with Gasteiger partial charge in [-0.2, -0.15) is 0 Å². The lowest BCUT2D eigenvalue weighted by Crippen LogP contribution is -2.39. The first-order valence-corrected chi connectivity index (χ1v) is 4.74. The van der Waals surface area contributed by atoms with Crippen molar-refractivity contribution < 1.29 is 4.58 Å². The third-order valence-electron chi connectivity index (χ3n) is 2.83. The zero-order valence-electron chi connectivity index (χ0n) is 8.37. The van der Waals surface area contributed by atoms with Crippen molar-refractivity contribution >= 4 is 6.21 Å². The molecule has 0 unspecified atom stereocenters. The molecule has 13 heavy (non-hydrogen) atoms. The summed E-state index contributed by atoms with van der Waals surface area (Å²) in [5.74, 6) is 0. The molecule has 0 aromatic heterocycles. The molecular weight excluding hydrogens is 160 g/mol. The number of fused-ring (bicyclic) bond motifs is 1. The molecule has 1 atom stereocenters. The molecule has 0 aromatic rings. The fourth-order valence-electron chi connectivity index (χ4n) is 1.99. The molecule has 0 radical (unpaired) electrons. The molecule has 0 bridgehead atoms. The van der Waals surface area contributed by atoms with Crippen LogP contribution in [0.15, 0.2) is 24.3 Å². The SMILES string of the molecule is C[C@@]12C=CCC[N+]1=CCC=CC2.N. The van der Waals surface area contributed by atoms with Crippen LogP contribution in [0.25, 0.3) is 0 Å². The highest BCUT2D eigenvalue weighted by molar-refractivity contribution is 5.54. The summed E-state index contributed by atoms with van der Waals surface area (Å²) in [6, 6.07) is 0. The molecular formula is C11H19N2+. The molecule has 2 heterocycles. The first kappa shape index (κ1) is 10.2. The Hall–Kier alpha value is -0.890. The van der Waals surface area contributed by atoms with Crippen LogP contribution >= 0.6 is 0 Å². The zero-order valence-corrected chi connectivity index (χ0v) is 8.37. The van der Waals surface area contributed by atoms with Gasteiger partial charge in [-0.3, -0.25) is 0 Å². The summed E-state index contributed by atoms with van der Waals surface area (Å²) in [6.45, 7) is 3.50. The van der Waals surface area contributed by atoms with Crippen molar-refractivity contribution in [3.05, 3.63) is 24.3 Å². The highest BCUT2D eigenvalue weighted by Gasteiger charge is 2.33. The summed E-state index contributed by atoms with van der Waals surface area (Å²) in [6.07, 6.45) is 15.0. The third kappa shape index (κ3) is 1.89. The minimum absolute atomic E-state index is 0. The lowest BCUT2D eigenvalue weighted by molar-refractivity contribution is -0.590. The average molecular weight is 179 g/mol. The summed E-state index contributed by atoms with van der Waals surface area (Å²) < 4.78 is 2.48. The highest BCUT2D eigenvalue weighted by Crippen LogP contribution is 2.23. The zero-order chi connectivity index (χ0) is 8.44. The molecule has 2 aliphatic rings. The predicted octanol–water partition coefficient (Wildman–Crippen LogP) is 2.30. The largest absolute Gasteiger partial charge is 0.344 e. The quantitative estimate of drug-likeness (QED) is 0.449. The van der Waals surface area contributed by atoms with Gasteiger partial charge in [-0.15, -0.1) is 0 Å². The lowest BCUT2D eigenvalue weighted by atomic mass is 9.93. The smallest absolute Gasteiger partial charge is 0.181 e. The van der Waals surface area contributed by atoms with E-state index in [0.29, 0.717) is 0 Å². The molecule has 0 saturated carbocycles. The van der Waals surface area contributed by atoms with Crippen LogP contribution in [-0.2, 0) is 0 Å². The third-order valence-corrected chi connectivity index (χ3v) is 2.83. The van der Waals surface area contributed by atoms with E-state index in [0.717, 1.165) is 12.8 Å². The van der Waals surface area contributed by atoms with E-state index in [4.69, 9.17) is 0 Å². The van der Waals surface area contributed by atoms with Crippen LogP contribution in [0.4, 0.5) is 0 Å². The van der Waals surface area contributed by atoms with Crippen LogP contribution in [0.5, 0.6) is 0 Å². The number of rotatable bonds is 0. The van der Waals surface area contributed by atoms with E-state index < -0.39 is 0 Å². The topological polar surface area (TPSA) is 38.0 Å². The second kappa shape index (κ2) is 3.88. The fourth-order valence-corrected chi connectivity index (χ4v) is 1.99. The van der Waals surface area contributed by atoms with Crippen molar-refractivity contribution in [3.63, 3.8) is 0 Å². The standard InChI is InChI=1S/C11H16N.H3N/c1-11-7-3-2-5-9-12(11)10-6-4-8-11;/h2-4,8-9H,5-7,10H2,1H3;1H3/q+1;/t11-;/m1./s1. The molecule has 0 amide bonds. The van der Waals surface area contributed by atoms with Gasteiger partial charge in [0.05, 0.1) is 0 Å². The lowest BCUT2D eigenvalue weighted by Gasteiger charge is -2.24. The van der Waals surface area contributed by atoms with E-state index in [9.17, 15) is 0 Å². The maximum atomic E-state index is 2.48. The number of hydrogen-bond donors (Lipinski definition) is 1. The molecule has 72 valence electrons. The fraction of sp³-hybridized carbons (Fsp3) is 0.545. The van der Waals surface area contributed by atoms with Crippen molar-refractivity contribution in [1.82, 2.24) is 6.15 Å². The first-order chi connectivity index (χ1) is 5.81. The normalized spacial score (nSPS) is 31.3. The Morgan fingerprint density at radius 1 is 1.23 bits per heavy atom. The van der Waals surface area contributed by atoms with Crippen LogP contribution < -0.4 is 6.15 Å². The van der Waals surface area contributed by atoms with Gasteiger partial charge >= 0.3 is 0 Å². The van der Waals surface area contributed by atoms with Gasteiger partial charge in [0.2, 0.25) is 0 Å². The molecule has 0 aliphatic carbocycles. The van der Waals surface area contributed by atoms with Gasteiger partial charge in [0.25, 0.3) is 0 Å². The summed E-state index contributed by atoms with van der Waals surface area (Å²) in [5.41, 5.74) is 0.269. The van der Waals surface area contributed by atoms with Crippen molar-refractivity contribution in [2.75, 3.05) is 6.54 Å². The van der Waals surface area contributed by atoms with Crippen molar-refractivity contribution in [1.29, 1.82) is 0 Å². The van der Waals surface area contributed by atoms with Crippen LogP contribution in [0.2, 0.25) is 0 Å². The van der Waals surface area contributed by atoms with E-state index in [1.807, 2.05) is 0 Å². The Balaban J connectivity index is 0.000000845. The maximum Gasteiger partial charge on any atom is 0.181 e. The Labute approximate surface area is 80.2 Å². The summed E-state index contributed by atoms with van der Waals surface area (Å²) >= 11 is 0. The number of nitrogens with zero attached hydrogens (tertiary/aromatic N) is 1. The molecule has 0 fully saturated rings. The van der Waals surface area contributed by atoms with E-state index in [-0.39, 0.29) is 11.7 Å². The molecule has 0 aromatic carbocycles. The van der Waals surface area contributed by atoms with Gasteiger partial charge in [-0.05, 0) is 6.08 Å². The molecule has 2 nitrogen and oxygen atoms in total. The number of allylic oxidation sites excluding steroid dienone is 1. The van der Waals surface area contributed by atoms with Crippen LogP contribution in [0.1, 0.15) is 26.2 Å².